The number of hydrogen-bond acceptors (Lipinski definition) is 6. The van der Waals surface area contributed by atoms with Crippen LogP contribution in [0.3, 0.4) is 0 Å². The van der Waals surface area contributed by atoms with Crippen LogP contribution in [0.4, 0.5) is 0 Å². The van der Waals surface area contributed by atoms with E-state index in [4.69, 9.17) is 11.6 Å². The first-order valence-corrected chi connectivity index (χ1v) is 13.0. The predicted molar refractivity (Wildman–Crippen MR) is 124 cm³/mol. The van der Waals surface area contributed by atoms with E-state index in [9.17, 15) is 18.0 Å². The molecular weight excluding hydrogens is 466 g/mol. The zero-order chi connectivity index (χ0) is 23.3. The quantitative estimate of drug-likeness (QED) is 0.685. The second kappa shape index (κ2) is 8.25. The Morgan fingerprint density at radius 1 is 1.18 bits per heavy atom. The van der Waals surface area contributed by atoms with Gasteiger partial charge < -0.3 is 24.6 Å². The summed E-state index contributed by atoms with van der Waals surface area (Å²) in [7, 11) is -1.68. The summed E-state index contributed by atoms with van der Waals surface area (Å²) in [6.45, 7) is 2.35. The lowest BCUT2D eigenvalue weighted by Gasteiger charge is -2.36. The highest BCUT2D eigenvalue weighted by Crippen LogP contribution is 2.29. The Hall–Kier alpha value is -2.72. The highest BCUT2D eigenvalue weighted by molar-refractivity contribution is 7.91. The van der Waals surface area contributed by atoms with Crippen molar-refractivity contribution in [1.82, 2.24) is 24.6 Å². The molecule has 11 heteroatoms. The molecule has 0 saturated carbocycles. The minimum atomic E-state index is -3.63. The van der Waals surface area contributed by atoms with E-state index in [1.807, 2.05) is 23.0 Å². The monoisotopic (exact) mass is 491 g/mol. The van der Waals surface area contributed by atoms with Crippen LogP contribution in [-0.4, -0.2) is 90.1 Å². The van der Waals surface area contributed by atoms with Crippen molar-refractivity contribution in [3.8, 4) is 0 Å². The van der Waals surface area contributed by atoms with E-state index < -0.39 is 9.84 Å². The fourth-order valence-electron chi connectivity index (χ4n) is 4.83. The smallest absolute Gasteiger partial charge is 0.273 e. The number of aromatic nitrogens is 1. The van der Waals surface area contributed by atoms with Crippen molar-refractivity contribution in [2.75, 3.05) is 39.2 Å². The Morgan fingerprint density at radius 2 is 1.94 bits per heavy atom. The number of fused-ring (bicyclic) bond motifs is 2. The van der Waals surface area contributed by atoms with Crippen molar-refractivity contribution in [3.63, 3.8) is 0 Å². The van der Waals surface area contributed by atoms with Gasteiger partial charge in [-0.05, 0) is 37.1 Å². The summed E-state index contributed by atoms with van der Waals surface area (Å²) in [6, 6.07) is 6.78. The van der Waals surface area contributed by atoms with Gasteiger partial charge in [0.2, 0.25) is 5.91 Å². The van der Waals surface area contributed by atoms with Crippen LogP contribution in [0.15, 0.2) is 41.2 Å². The van der Waals surface area contributed by atoms with Gasteiger partial charge in [0.25, 0.3) is 5.91 Å². The number of carbonyl (C=O) groups is 2. The lowest BCUT2D eigenvalue weighted by atomic mass is 10.0. The van der Waals surface area contributed by atoms with Gasteiger partial charge in [-0.15, -0.1) is 0 Å². The van der Waals surface area contributed by atoms with Crippen LogP contribution >= 0.6 is 11.6 Å². The fraction of sp³-hybridized carbons (Fsp3) is 0.455. The molecule has 2 aromatic rings. The molecule has 4 heterocycles. The van der Waals surface area contributed by atoms with Crippen LogP contribution in [0.5, 0.6) is 0 Å². The molecule has 0 radical (unpaired) electrons. The molecule has 1 aromatic carbocycles. The standard InChI is InChI=1S/C22H26ClN5O4S/c1-25-12-19-22(30)28(14-27(19)13-25)17-4-7-26(8-5-17)21(29)6-9-33(31,32)20-11-15-10-16(23)2-3-18(15)24-20/h2-3,10-12,17,24H,4-9,13-14H2,1H3. The molecular formula is C22H26ClN5O4S. The van der Waals surface area contributed by atoms with Crippen molar-refractivity contribution < 1.29 is 18.0 Å². The highest BCUT2D eigenvalue weighted by Gasteiger charge is 2.41. The highest BCUT2D eigenvalue weighted by atomic mass is 35.5. The number of sulfone groups is 1. The van der Waals surface area contributed by atoms with E-state index in [-0.39, 0.29) is 35.1 Å². The number of halogens is 1. The van der Waals surface area contributed by atoms with Crippen LogP contribution in [0.2, 0.25) is 5.02 Å². The molecule has 0 aliphatic carbocycles. The van der Waals surface area contributed by atoms with Gasteiger partial charge in [-0.1, -0.05) is 11.6 Å². The first kappa shape index (κ1) is 22.1. The van der Waals surface area contributed by atoms with Gasteiger partial charge in [-0.3, -0.25) is 9.59 Å². The second-order valence-electron chi connectivity index (χ2n) is 8.91. The number of nitrogens with one attached hydrogen (secondary N) is 1. The van der Waals surface area contributed by atoms with Crippen LogP contribution in [0.25, 0.3) is 10.9 Å². The summed E-state index contributed by atoms with van der Waals surface area (Å²) < 4.78 is 25.5. The number of nitrogens with zero attached hydrogens (tertiary/aromatic N) is 4. The molecule has 1 aromatic heterocycles. The number of rotatable bonds is 5. The number of aromatic amines is 1. The minimum Gasteiger partial charge on any atom is -0.361 e. The van der Waals surface area contributed by atoms with Crippen LogP contribution in [0.1, 0.15) is 19.3 Å². The van der Waals surface area contributed by atoms with Crippen molar-refractivity contribution in [2.45, 2.75) is 30.3 Å². The molecule has 3 aliphatic heterocycles. The number of hydrogen-bond donors (Lipinski definition) is 1. The summed E-state index contributed by atoms with van der Waals surface area (Å²) in [5, 5.41) is 1.34. The molecule has 2 saturated heterocycles. The largest absolute Gasteiger partial charge is 0.361 e. The molecule has 0 unspecified atom stereocenters. The number of likely N-dealkylation sites (tertiary alicyclic amines) is 1. The molecule has 5 rings (SSSR count). The second-order valence-corrected chi connectivity index (χ2v) is 11.4. The number of H-pyrrole nitrogens is 1. The number of carbonyl (C=O) groups excluding carboxylic acids is 2. The van der Waals surface area contributed by atoms with E-state index in [0.29, 0.717) is 55.2 Å². The molecule has 0 spiro atoms. The van der Waals surface area contributed by atoms with Gasteiger partial charge in [0.05, 0.1) is 19.1 Å². The van der Waals surface area contributed by atoms with E-state index >= 15 is 0 Å². The maximum atomic E-state index is 12.8. The Balaban J connectivity index is 1.15. The third-order valence-electron chi connectivity index (χ3n) is 6.62. The van der Waals surface area contributed by atoms with Crippen molar-refractivity contribution in [1.29, 1.82) is 0 Å². The fourth-order valence-corrected chi connectivity index (χ4v) is 6.24. The van der Waals surface area contributed by atoms with E-state index in [1.165, 1.54) is 0 Å². The normalized spacial score (nSPS) is 19.6. The molecule has 0 bridgehead atoms. The average molecular weight is 492 g/mol. The summed E-state index contributed by atoms with van der Waals surface area (Å²) >= 11 is 5.98. The first-order chi connectivity index (χ1) is 15.7. The molecule has 3 aliphatic rings. The van der Waals surface area contributed by atoms with Crippen LogP contribution in [0, 0.1) is 0 Å². The van der Waals surface area contributed by atoms with Gasteiger partial charge in [0, 0.05) is 54.7 Å². The minimum absolute atomic E-state index is 0.0508. The predicted octanol–water partition coefficient (Wildman–Crippen LogP) is 1.82. The van der Waals surface area contributed by atoms with Gasteiger partial charge in [-0.2, -0.15) is 0 Å². The van der Waals surface area contributed by atoms with Gasteiger partial charge in [0.15, 0.2) is 9.84 Å². The lowest BCUT2D eigenvalue weighted by Crippen LogP contribution is -2.48. The van der Waals surface area contributed by atoms with Gasteiger partial charge in [0.1, 0.15) is 10.7 Å². The molecule has 1 N–H and O–H groups in total. The van der Waals surface area contributed by atoms with Crippen molar-refractivity contribution in [2.24, 2.45) is 0 Å². The third-order valence-corrected chi connectivity index (χ3v) is 8.48. The summed E-state index contributed by atoms with van der Waals surface area (Å²) in [5.74, 6) is -0.378. The van der Waals surface area contributed by atoms with E-state index in [0.717, 1.165) is 5.70 Å². The van der Waals surface area contributed by atoms with E-state index in [1.54, 1.807) is 29.2 Å². The Bertz CT molecular complexity index is 1250. The maximum Gasteiger partial charge on any atom is 0.273 e. The van der Waals surface area contributed by atoms with Gasteiger partial charge in [-0.25, -0.2) is 8.42 Å². The van der Waals surface area contributed by atoms with Crippen molar-refractivity contribution >= 4 is 44.2 Å². The zero-order valence-corrected chi connectivity index (χ0v) is 19.9. The molecule has 176 valence electrons. The lowest BCUT2D eigenvalue weighted by molar-refractivity contribution is -0.133. The Labute approximate surface area is 197 Å². The Kier molecular flexibility index (Phi) is 5.52. The third kappa shape index (κ3) is 4.17. The van der Waals surface area contributed by atoms with Gasteiger partial charge >= 0.3 is 0 Å². The van der Waals surface area contributed by atoms with Crippen molar-refractivity contribution in [3.05, 3.63) is 41.2 Å². The topological polar surface area (TPSA) is 97.0 Å². The SMILES string of the molecule is CN1C=C2C(=O)N(C3CCN(C(=O)CCS(=O)(=O)c4cc5cc(Cl)ccc5[nH]4)CC3)CN2C1. The number of benzene rings is 1. The number of piperidine rings is 1. The molecule has 2 amide bonds. The summed E-state index contributed by atoms with van der Waals surface area (Å²) in [6.07, 6.45) is 3.20. The maximum absolute atomic E-state index is 12.8. The molecule has 9 nitrogen and oxygen atoms in total. The average Bonchev–Trinajstić information content (AvgIpc) is 3.46. The zero-order valence-electron chi connectivity index (χ0n) is 18.3. The van der Waals surface area contributed by atoms with E-state index in [2.05, 4.69) is 9.88 Å². The summed E-state index contributed by atoms with van der Waals surface area (Å²) in [4.78, 5) is 36.0. The van der Waals surface area contributed by atoms with Crippen LogP contribution in [-0.2, 0) is 19.4 Å². The van der Waals surface area contributed by atoms with Crippen LogP contribution < -0.4 is 0 Å². The number of amides is 2. The molecule has 2 fully saturated rings. The molecule has 0 atom stereocenters. The first-order valence-electron chi connectivity index (χ1n) is 11.0. The molecule has 33 heavy (non-hydrogen) atoms. The Morgan fingerprint density at radius 3 is 2.67 bits per heavy atom. The summed E-state index contributed by atoms with van der Waals surface area (Å²) in [5.41, 5.74) is 1.42.